The summed E-state index contributed by atoms with van der Waals surface area (Å²) in [6.07, 6.45) is 1.72. The van der Waals surface area contributed by atoms with E-state index in [1.165, 1.54) is 10.2 Å². The molecule has 1 heterocycles. The summed E-state index contributed by atoms with van der Waals surface area (Å²) >= 11 is 3.51. The van der Waals surface area contributed by atoms with Gasteiger partial charge in [-0.3, -0.25) is 4.79 Å². The van der Waals surface area contributed by atoms with Crippen molar-refractivity contribution in [2.24, 2.45) is 0 Å². The molecule has 0 radical (unpaired) electrons. The van der Waals surface area contributed by atoms with Crippen LogP contribution in [0.15, 0.2) is 47.4 Å². The Morgan fingerprint density at radius 1 is 1.33 bits per heavy atom. The minimum absolute atomic E-state index is 0.0446. The van der Waals surface area contributed by atoms with Crippen molar-refractivity contribution in [3.05, 3.63) is 64.1 Å². The van der Waals surface area contributed by atoms with Crippen molar-refractivity contribution in [3.8, 4) is 0 Å². The van der Waals surface area contributed by atoms with Gasteiger partial charge in [0.05, 0.1) is 12.7 Å². The lowest BCUT2D eigenvalue weighted by Crippen LogP contribution is -2.25. The zero-order valence-corrected chi connectivity index (χ0v) is 11.8. The molecule has 94 valence electrons. The third-order valence-corrected chi connectivity index (χ3v) is 3.64. The van der Waals surface area contributed by atoms with E-state index in [0.29, 0.717) is 6.54 Å². The normalized spacial score (nSPS) is 12.3. The van der Waals surface area contributed by atoms with Gasteiger partial charge in [0, 0.05) is 17.3 Å². The van der Waals surface area contributed by atoms with E-state index in [-0.39, 0.29) is 11.5 Å². The standard InChI is InChI=1S/C14H15BrN2O/c1-11-7-14(18)17(16-9-11)10-13(8-15)12-5-3-2-4-6-12/h2-7,9,13H,8,10H2,1H3. The van der Waals surface area contributed by atoms with E-state index in [4.69, 9.17) is 0 Å². The third-order valence-electron chi connectivity index (χ3n) is 2.86. The SMILES string of the molecule is Cc1cnn(CC(CBr)c2ccccc2)c(=O)c1. The highest BCUT2D eigenvalue weighted by molar-refractivity contribution is 9.09. The lowest BCUT2D eigenvalue weighted by molar-refractivity contribution is 0.521. The quantitative estimate of drug-likeness (QED) is 0.814. The number of aromatic nitrogens is 2. The summed E-state index contributed by atoms with van der Waals surface area (Å²) in [6.45, 7) is 2.46. The van der Waals surface area contributed by atoms with Crippen LogP contribution in [-0.2, 0) is 6.54 Å². The van der Waals surface area contributed by atoms with Crippen LogP contribution in [0.2, 0.25) is 0 Å². The molecule has 0 bridgehead atoms. The maximum Gasteiger partial charge on any atom is 0.267 e. The number of nitrogens with zero attached hydrogens (tertiary/aromatic N) is 2. The molecule has 0 amide bonds. The second-order valence-electron chi connectivity index (χ2n) is 4.32. The van der Waals surface area contributed by atoms with Crippen LogP contribution in [0.3, 0.4) is 0 Å². The molecule has 4 heteroatoms. The van der Waals surface area contributed by atoms with Gasteiger partial charge in [-0.1, -0.05) is 46.3 Å². The first-order valence-corrected chi connectivity index (χ1v) is 6.97. The minimum atomic E-state index is -0.0446. The average Bonchev–Trinajstić information content (AvgIpc) is 2.39. The van der Waals surface area contributed by atoms with E-state index in [2.05, 4.69) is 33.2 Å². The molecule has 0 spiro atoms. The Hall–Kier alpha value is -1.42. The molecule has 0 fully saturated rings. The van der Waals surface area contributed by atoms with Crippen molar-refractivity contribution < 1.29 is 0 Å². The molecule has 0 aliphatic rings. The molecule has 2 rings (SSSR count). The van der Waals surface area contributed by atoms with Crippen molar-refractivity contribution in [2.75, 3.05) is 5.33 Å². The van der Waals surface area contributed by atoms with E-state index >= 15 is 0 Å². The summed E-state index contributed by atoms with van der Waals surface area (Å²) in [5.74, 6) is 0.249. The highest BCUT2D eigenvalue weighted by atomic mass is 79.9. The van der Waals surface area contributed by atoms with Crippen LogP contribution in [0, 0.1) is 6.92 Å². The lowest BCUT2D eigenvalue weighted by atomic mass is 10.0. The fourth-order valence-corrected chi connectivity index (χ4v) is 2.42. The fourth-order valence-electron chi connectivity index (χ4n) is 1.84. The van der Waals surface area contributed by atoms with Crippen molar-refractivity contribution in [1.29, 1.82) is 0 Å². The largest absolute Gasteiger partial charge is 0.268 e. The zero-order valence-electron chi connectivity index (χ0n) is 10.2. The molecule has 1 atom stereocenters. The van der Waals surface area contributed by atoms with Gasteiger partial charge in [-0.2, -0.15) is 5.10 Å². The van der Waals surface area contributed by atoms with Gasteiger partial charge in [-0.05, 0) is 18.1 Å². The average molecular weight is 307 g/mol. The molecule has 3 nitrogen and oxygen atoms in total. The molecule has 0 N–H and O–H groups in total. The molecule has 1 aromatic carbocycles. The van der Waals surface area contributed by atoms with Gasteiger partial charge in [-0.15, -0.1) is 0 Å². The highest BCUT2D eigenvalue weighted by Gasteiger charge is 2.12. The first-order valence-electron chi connectivity index (χ1n) is 5.85. The van der Waals surface area contributed by atoms with Gasteiger partial charge in [0.15, 0.2) is 0 Å². The molecule has 1 unspecified atom stereocenters. The van der Waals surface area contributed by atoms with E-state index in [1.807, 2.05) is 25.1 Å². The number of aryl methyl sites for hydroxylation is 1. The number of alkyl halides is 1. The molecule has 0 saturated carbocycles. The molecule has 0 saturated heterocycles. The van der Waals surface area contributed by atoms with E-state index < -0.39 is 0 Å². The fraction of sp³-hybridized carbons (Fsp3) is 0.286. The molecule has 18 heavy (non-hydrogen) atoms. The van der Waals surface area contributed by atoms with Crippen LogP contribution < -0.4 is 5.56 Å². The summed E-state index contributed by atoms with van der Waals surface area (Å²) in [4.78, 5) is 11.8. The molecule has 2 aromatic rings. The smallest absolute Gasteiger partial charge is 0.267 e. The van der Waals surface area contributed by atoms with Crippen molar-refractivity contribution in [2.45, 2.75) is 19.4 Å². The maximum absolute atomic E-state index is 11.8. The Morgan fingerprint density at radius 2 is 2.06 bits per heavy atom. The lowest BCUT2D eigenvalue weighted by Gasteiger charge is -2.15. The number of benzene rings is 1. The van der Waals surface area contributed by atoms with Gasteiger partial charge in [0.1, 0.15) is 0 Å². The van der Waals surface area contributed by atoms with Gasteiger partial charge in [0.2, 0.25) is 0 Å². The van der Waals surface area contributed by atoms with Gasteiger partial charge in [0.25, 0.3) is 5.56 Å². The highest BCUT2D eigenvalue weighted by Crippen LogP contribution is 2.19. The summed E-state index contributed by atoms with van der Waals surface area (Å²) in [6, 6.07) is 11.8. The monoisotopic (exact) mass is 306 g/mol. The number of hydrogen-bond donors (Lipinski definition) is 0. The Balaban J connectivity index is 2.23. The third kappa shape index (κ3) is 3.07. The van der Waals surface area contributed by atoms with Gasteiger partial charge >= 0.3 is 0 Å². The van der Waals surface area contributed by atoms with Crippen LogP contribution in [0.4, 0.5) is 0 Å². The molecular weight excluding hydrogens is 292 g/mol. The zero-order chi connectivity index (χ0) is 13.0. The van der Waals surface area contributed by atoms with E-state index in [9.17, 15) is 4.79 Å². The number of rotatable bonds is 4. The van der Waals surface area contributed by atoms with E-state index in [1.54, 1.807) is 12.3 Å². The summed E-state index contributed by atoms with van der Waals surface area (Å²) in [5, 5.41) is 4.98. The Bertz CT molecular complexity index is 566. The van der Waals surface area contributed by atoms with Crippen LogP contribution >= 0.6 is 15.9 Å². The Morgan fingerprint density at radius 3 is 2.67 bits per heavy atom. The molecule has 0 aliphatic carbocycles. The van der Waals surface area contributed by atoms with E-state index in [0.717, 1.165) is 10.9 Å². The molecule has 1 aromatic heterocycles. The first kappa shape index (κ1) is 13.0. The topological polar surface area (TPSA) is 34.9 Å². The Labute approximate surface area is 115 Å². The summed E-state index contributed by atoms with van der Waals surface area (Å²) in [5.41, 5.74) is 2.06. The van der Waals surface area contributed by atoms with Crippen LogP contribution in [-0.4, -0.2) is 15.1 Å². The van der Waals surface area contributed by atoms with Crippen molar-refractivity contribution >= 4 is 15.9 Å². The number of hydrogen-bond acceptors (Lipinski definition) is 2. The van der Waals surface area contributed by atoms with Crippen molar-refractivity contribution in [1.82, 2.24) is 9.78 Å². The summed E-state index contributed by atoms with van der Waals surface area (Å²) < 4.78 is 1.52. The van der Waals surface area contributed by atoms with Gasteiger partial charge in [-0.25, -0.2) is 4.68 Å². The summed E-state index contributed by atoms with van der Waals surface area (Å²) in [7, 11) is 0. The van der Waals surface area contributed by atoms with Crippen LogP contribution in [0.25, 0.3) is 0 Å². The number of halogens is 1. The Kier molecular flexibility index (Phi) is 4.31. The minimum Gasteiger partial charge on any atom is -0.268 e. The van der Waals surface area contributed by atoms with Gasteiger partial charge < -0.3 is 0 Å². The predicted molar refractivity (Wildman–Crippen MR) is 76.2 cm³/mol. The maximum atomic E-state index is 11.8. The molecular formula is C14H15BrN2O. The molecule has 0 aliphatic heterocycles. The second-order valence-corrected chi connectivity index (χ2v) is 4.96. The first-order chi connectivity index (χ1) is 8.70. The second kappa shape index (κ2) is 5.96. The van der Waals surface area contributed by atoms with Crippen LogP contribution in [0.5, 0.6) is 0 Å². The van der Waals surface area contributed by atoms with Crippen LogP contribution in [0.1, 0.15) is 17.0 Å². The predicted octanol–water partition coefficient (Wildman–Crippen LogP) is 2.73. The van der Waals surface area contributed by atoms with Crippen molar-refractivity contribution in [3.63, 3.8) is 0 Å².